The Morgan fingerprint density at radius 3 is 2.54 bits per heavy atom. The summed E-state index contributed by atoms with van der Waals surface area (Å²) < 4.78 is 8.88. The van der Waals surface area contributed by atoms with Gasteiger partial charge in [0.05, 0.1) is 12.8 Å². The minimum Gasteiger partial charge on any atom is -0.480 e. The number of ether oxygens (including phenoxy) is 1. The summed E-state index contributed by atoms with van der Waals surface area (Å²) in [6.07, 6.45) is 1.87. The zero-order valence-corrected chi connectivity index (χ0v) is 15.1. The maximum atomic E-state index is 13.0. The lowest BCUT2D eigenvalue weighted by atomic mass is 10.3. The normalized spacial score (nSPS) is 11.0. The van der Waals surface area contributed by atoms with E-state index in [4.69, 9.17) is 17.0 Å². The molecule has 0 bridgehead atoms. The smallest absolute Gasteiger partial charge is 0.335 e. The van der Waals surface area contributed by atoms with Crippen LogP contribution in [0.5, 0.6) is 5.88 Å². The number of hydrogen-bond donors (Lipinski definition) is 0. The molecule has 0 atom stereocenters. The van der Waals surface area contributed by atoms with E-state index < -0.39 is 0 Å². The van der Waals surface area contributed by atoms with Gasteiger partial charge >= 0.3 is 5.69 Å². The molecule has 0 saturated heterocycles. The predicted octanol–water partition coefficient (Wildman–Crippen LogP) is 3.06. The molecule has 0 aliphatic rings. The second-order valence-corrected chi connectivity index (χ2v) is 6.08. The maximum absolute atomic E-state index is 13.0. The highest BCUT2D eigenvalue weighted by molar-refractivity contribution is 7.98. The number of rotatable bonds is 4. The molecule has 0 fully saturated rings. The van der Waals surface area contributed by atoms with Crippen molar-refractivity contribution >= 4 is 35.0 Å². The van der Waals surface area contributed by atoms with E-state index in [1.54, 1.807) is 4.57 Å². The van der Waals surface area contributed by atoms with Gasteiger partial charge in [-0.15, -0.1) is 0 Å². The molecule has 0 spiro atoms. The van der Waals surface area contributed by atoms with Crippen molar-refractivity contribution in [2.45, 2.75) is 18.6 Å². The first-order valence-electron chi connectivity index (χ1n) is 7.33. The van der Waals surface area contributed by atoms with Crippen LogP contribution in [-0.2, 0) is 6.54 Å². The fraction of sp³-hybridized carbons (Fsp3) is 0.250. The Hall–Kier alpha value is -2.19. The van der Waals surface area contributed by atoms with Crippen molar-refractivity contribution < 1.29 is 4.74 Å². The van der Waals surface area contributed by atoms with Gasteiger partial charge in [0, 0.05) is 6.54 Å². The molecule has 6 nitrogen and oxygen atoms in total. The molecule has 1 aromatic carbocycles. The van der Waals surface area contributed by atoms with Gasteiger partial charge in [-0.2, -0.15) is 4.98 Å². The number of methoxy groups -OCH3 is 1. The van der Waals surface area contributed by atoms with Crippen molar-refractivity contribution in [2.75, 3.05) is 13.4 Å². The van der Waals surface area contributed by atoms with E-state index in [0.717, 1.165) is 5.69 Å². The fourth-order valence-electron chi connectivity index (χ4n) is 2.52. The van der Waals surface area contributed by atoms with Crippen LogP contribution >= 0.6 is 24.0 Å². The first-order chi connectivity index (χ1) is 11.6. The van der Waals surface area contributed by atoms with Gasteiger partial charge in [-0.1, -0.05) is 42.2 Å². The molecule has 0 amide bonds. The lowest BCUT2D eigenvalue weighted by Crippen LogP contribution is -2.31. The first-order valence-corrected chi connectivity index (χ1v) is 8.96. The van der Waals surface area contributed by atoms with Crippen LogP contribution in [-0.4, -0.2) is 32.5 Å². The van der Waals surface area contributed by atoms with Crippen molar-refractivity contribution in [3.63, 3.8) is 0 Å². The second kappa shape index (κ2) is 6.74. The summed E-state index contributed by atoms with van der Waals surface area (Å²) in [6, 6.07) is 9.36. The number of aromatic nitrogens is 4. The molecule has 2 aromatic heterocycles. The molecular formula is C16H16N4O2S2. The van der Waals surface area contributed by atoms with Crippen molar-refractivity contribution in [1.82, 2.24) is 19.1 Å². The van der Waals surface area contributed by atoms with Crippen LogP contribution < -0.4 is 10.4 Å². The number of hydrogen-bond acceptors (Lipinski definition) is 6. The first kappa shape index (κ1) is 16.7. The van der Waals surface area contributed by atoms with Crippen LogP contribution in [0.1, 0.15) is 6.92 Å². The maximum Gasteiger partial charge on any atom is 0.335 e. The van der Waals surface area contributed by atoms with E-state index in [-0.39, 0.29) is 5.69 Å². The summed E-state index contributed by atoms with van der Waals surface area (Å²) in [4.78, 5) is 21.9. The zero-order chi connectivity index (χ0) is 17.3. The Bertz CT molecular complexity index is 1010. The Balaban J connectivity index is 2.59. The van der Waals surface area contributed by atoms with Crippen molar-refractivity contribution in [3.05, 3.63) is 45.5 Å². The van der Waals surface area contributed by atoms with Gasteiger partial charge < -0.3 is 4.74 Å². The van der Waals surface area contributed by atoms with Gasteiger partial charge in [-0.05, 0) is 25.3 Å². The number of para-hydroxylation sites is 1. The predicted molar refractivity (Wildman–Crippen MR) is 98.0 cm³/mol. The molecule has 124 valence electrons. The van der Waals surface area contributed by atoms with Crippen molar-refractivity contribution in [3.8, 4) is 11.6 Å². The van der Waals surface area contributed by atoms with Crippen LogP contribution in [0.25, 0.3) is 16.7 Å². The van der Waals surface area contributed by atoms with Gasteiger partial charge in [0.15, 0.2) is 10.8 Å². The van der Waals surface area contributed by atoms with Gasteiger partial charge in [-0.3, -0.25) is 4.57 Å². The highest BCUT2D eigenvalue weighted by Crippen LogP contribution is 2.26. The number of fused-ring (bicyclic) bond motifs is 1. The standard InChI is InChI=1S/C16H16N4O2S2/c1-4-19-14(23)11-12(17-15(24-3)18-13(11)22-2)20(16(19)21)10-8-6-5-7-9-10/h5-9H,4H2,1-3H3. The molecular weight excluding hydrogens is 344 g/mol. The van der Waals surface area contributed by atoms with E-state index >= 15 is 0 Å². The molecule has 0 aliphatic heterocycles. The summed E-state index contributed by atoms with van der Waals surface area (Å²) >= 11 is 6.89. The molecule has 0 aliphatic carbocycles. The minimum atomic E-state index is -0.228. The molecule has 0 N–H and O–H groups in total. The van der Waals surface area contributed by atoms with E-state index in [0.29, 0.717) is 33.3 Å². The molecule has 24 heavy (non-hydrogen) atoms. The van der Waals surface area contributed by atoms with Crippen LogP contribution in [0, 0.1) is 4.64 Å². The Kier molecular flexibility index (Phi) is 4.68. The highest BCUT2D eigenvalue weighted by atomic mass is 32.2. The third kappa shape index (κ3) is 2.61. The van der Waals surface area contributed by atoms with Crippen molar-refractivity contribution in [2.24, 2.45) is 0 Å². The molecule has 0 saturated carbocycles. The fourth-order valence-corrected chi connectivity index (χ4v) is 3.26. The van der Waals surface area contributed by atoms with E-state index in [1.807, 2.05) is 43.5 Å². The van der Waals surface area contributed by atoms with Crippen LogP contribution in [0.4, 0.5) is 0 Å². The lowest BCUT2D eigenvalue weighted by Gasteiger charge is -2.15. The summed E-state index contributed by atoms with van der Waals surface area (Å²) in [5.74, 6) is 0.376. The summed E-state index contributed by atoms with van der Waals surface area (Å²) in [7, 11) is 1.54. The van der Waals surface area contributed by atoms with E-state index in [2.05, 4.69) is 9.97 Å². The number of nitrogens with zero attached hydrogens (tertiary/aromatic N) is 4. The highest BCUT2D eigenvalue weighted by Gasteiger charge is 2.18. The van der Waals surface area contributed by atoms with E-state index in [1.165, 1.54) is 23.4 Å². The SMILES string of the molecule is CCn1c(=S)c2c(OC)nc(SC)nc2n(-c2ccccc2)c1=O. The molecule has 0 unspecified atom stereocenters. The average Bonchev–Trinajstić information content (AvgIpc) is 2.62. The van der Waals surface area contributed by atoms with Gasteiger partial charge in [-0.25, -0.2) is 14.3 Å². The molecule has 3 aromatic rings. The Morgan fingerprint density at radius 2 is 1.96 bits per heavy atom. The van der Waals surface area contributed by atoms with E-state index in [9.17, 15) is 4.79 Å². The van der Waals surface area contributed by atoms with Crippen LogP contribution in [0.2, 0.25) is 0 Å². The lowest BCUT2D eigenvalue weighted by molar-refractivity contribution is 0.397. The third-order valence-corrected chi connectivity index (χ3v) is 4.61. The molecule has 2 heterocycles. The topological polar surface area (TPSA) is 61.9 Å². The second-order valence-electron chi connectivity index (χ2n) is 4.92. The van der Waals surface area contributed by atoms with Gasteiger partial charge in [0.1, 0.15) is 10.0 Å². The van der Waals surface area contributed by atoms with Gasteiger partial charge in [0.2, 0.25) is 5.88 Å². The summed E-state index contributed by atoms with van der Waals surface area (Å²) in [5.41, 5.74) is 0.948. The third-order valence-electron chi connectivity index (χ3n) is 3.64. The summed E-state index contributed by atoms with van der Waals surface area (Å²) in [5, 5.41) is 1.09. The monoisotopic (exact) mass is 360 g/mol. The van der Waals surface area contributed by atoms with Crippen molar-refractivity contribution in [1.29, 1.82) is 0 Å². The van der Waals surface area contributed by atoms with Crippen LogP contribution in [0.3, 0.4) is 0 Å². The number of thioether (sulfide) groups is 1. The molecule has 0 radical (unpaired) electrons. The largest absolute Gasteiger partial charge is 0.480 e. The summed E-state index contributed by atoms with van der Waals surface area (Å²) in [6.45, 7) is 2.33. The quantitative estimate of drug-likeness (QED) is 0.405. The Labute approximate surface area is 148 Å². The number of benzene rings is 1. The Morgan fingerprint density at radius 1 is 1.25 bits per heavy atom. The zero-order valence-electron chi connectivity index (χ0n) is 13.5. The van der Waals surface area contributed by atoms with Crippen LogP contribution in [0.15, 0.2) is 40.3 Å². The molecule has 8 heteroatoms. The minimum absolute atomic E-state index is 0.228. The van der Waals surface area contributed by atoms with Gasteiger partial charge in [0.25, 0.3) is 0 Å². The molecule has 3 rings (SSSR count). The average molecular weight is 360 g/mol.